The first-order valence-electron chi connectivity index (χ1n) is 8.53. The number of nitrogens with zero attached hydrogens (tertiary/aromatic N) is 1. The summed E-state index contributed by atoms with van der Waals surface area (Å²) in [6, 6.07) is 22.0. The normalized spacial score (nSPS) is 11.4. The Bertz CT molecular complexity index is 1240. The summed E-state index contributed by atoms with van der Waals surface area (Å²) in [6.45, 7) is 0. The monoisotopic (exact) mass is 444 g/mol. The first kappa shape index (κ1) is 19.5. The van der Waals surface area contributed by atoms with Crippen molar-refractivity contribution in [1.82, 2.24) is 5.16 Å². The van der Waals surface area contributed by atoms with Crippen molar-refractivity contribution >= 4 is 39.1 Å². The molecule has 5 nitrogen and oxygen atoms in total. The predicted octanol–water partition coefficient (Wildman–Crippen LogP) is 6.12. The number of anilines is 1. The van der Waals surface area contributed by atoms with Crippen LogP contribution in [0.5, 0.6) is 0 Å². The molecule has 0 amide bonds. The van der Waals surface area contributed by atoms with Crippen molar-refractivity contribution in [2.24, 2.45) is 0 Å². The van der Waals surface area contributed by atoms with Crippen LogP contribution in [-0.4, -0.2) is 13.6 Å². The van der Waals surface area contributed by atoms with Gasteiger partial charge in [-0.15, -0.1) is 0 Å². The van der Waals surface area contributed by atoms with Crippen molar-refractivity contribution in [3.05, 3.63) is 88.9 Å². The van der Waals surface area contributed by atoms with Crippen molar-refractivity contribution in [2.45, 2.75) is 4.90 Å². The molecule has 0 radical (unpaired) electrons. The van der Waals surface area contributed by atoms with Gasteiger partial charge in [0, 0.05) is 15.6 Å². The Morgan fingerprint density at radius 3 is 1.90 bits per heavy atom. The van der Waals surface area contributed by atoms with Crippen LogP contribution in [0.2, 0.25) is 10.0 Å². The minimum absolute atomic E-state index is 0.0149. The molecule has 0 aliphatic rings. The number of hydrogen-bond donors (Lipinski definition) is 1. The smallest absolute Gasteiger partial charge is 0.264 e. The number of halogens is 2. The maximum absolute atomic E-state index is 12.8. The van der Waals surface area contributed by atoms with E-state index >= 15 is 0 Å². The van der Waals surface area contributed by atoms with Crippen LogP contribution in [0.4, 0.5) is 5.88 Å². The molecule has 146 valence electrons. The lowest BCUT2D eigenvalue weighted by Crippen LogP contribution is -2.12. The van der Waals surface area contributed by atoms with Crippen LogP contribution in [0.15, 0.2) is 88.3 Å². The second kappa shape index (κ2) is 7.91. The van der Waals surface area contributed by atoms with Crippen LogP contribution in [0.25, 0.3) is 22.4 Å². The van der Waals surface area contributed by atoms with Crippen molar-refractivity contribution in [2.75, 3.05) is 4.72 Å². The number of rotatable bonds is 5. The molecule has 0 aliphatic carbocycles. The van der Waals surface area contributed by atoms with Gasteiger partial charge in [0.15, 0.2) is 0 Å². The van der Waals surface area contributed by atoms with Crippen LogP contribution in [0.3, 0.4) is 0 Å². The van der Waals surface area contributed by atoms with E-state index in [1.54, 1.807) is 66.7 Å². The third-order valence-electron chi connectivity index (χ3n) is 4.22. The van der Waals surface area contributed by atoms with Gasteiger partial charge in [0.05, 0.1) is 10.5 Å². The highest BCUT2D eigenvalue weighted by molar-refractivity contribution is 7.92. The van der Waals surface area contributed by atoms with E-state index in [4.69, 9.17) is 27.7 Å². The van der Waals surface area contributed by atoms with Gasteiger partial charge >= 0.3 is 0 Å². The summed E-state index contributed by atoms with van der Waals surface area (Å²) < 4.78 is 33.5. The zero-order valence-corrected chi connectivity index (χ0v) is 17.2. The van der Waals surface area contributed by atoms with Crippen molar-refractivity contribution in [3.8, 4) is 22.4 Å². The van der Waals surface area contributed by atoms with Gasteiger partial charge in [-0.3, -0.25) is 0 Å². The fraction of sp³-hybridized carbons (Fsp3) is 0. The van der Waals surface area contributed by atoms with E-state index in [0.717, 1.165) is 5.56 Å². The molecule has 1 N–H and O–H groups in total. The summed E-state index contributed by atoms with van der Waals surface area (Å²) >= 11 is 12.0. The molecule has 0 saturated heterocycles. The SMILES string of the molecule is O=S(=O)(Nc1onc(-c2ccc(Cl)cc2)c1-c1ccc(Cl)cc1)c1ccccc1. The van der Waals surface area contributed by atoms with Crippen LogP contribution in [-0.2, 0) is 10.0 Å². The van der Waals surface area contributed by atoms with Crippen LogP contribution in [0.1, 0.15) is 0 Å². The molecular formula is C21H14Cl2N2O3S. The molecule has 1 heterocycles. The lowest BCUT2D eigenvalue weighted by molar-refractivity contribution is 0.438. The summed E-state index contributed by atoms with van der Waals surface area (Å²) in [5.41, 5.74) is 2.41. The Labute approximate surface area is 177 Å². The van der Waals surface area contributed by atoms with Crippen LogP contribution < -0.4 is 4.72 Å². The Morgan fingerprint density at radius 1 is 0.759 bits per heavy atom. The molecule has 29 heavy (non-hydrogen) atoms. The maximum atomic E-state index is 12.8. The lowest BCUT2D eigenvalue weighted by Gasteiger charge is -2.08. The van der Waals surface area contributed by atoms with E-state index in [1.807, 2.05) is 0 Å². The third-order valence-corrected chi connectivity index (χ3v) is 6.07. The number of sulfonamides is 1. The number of nitrogens with one attached hydrogen (secondary N) is 1. The van der Waals surface area contributed by atoms with E-state index < -0.39 is 10.0 Å². The largest absolute Gasteiger partial charge is 0.337 e. The Balaban J connectivity index is 1.84. The summed E-state index contributed by atoms with van der Waals surface area (Å²) in [7, 11) is -3.86. The first-order valence-corrected chi connectivity index (χ1v) is 10.8. The van der Waals surface area contributed by atoms with Gasteiger partial charge < -0.3 is 4.52 Å². The molecule has 1 aromatic heterocycles. The van der Waals surface area contributed by atoms with Gasteiger partial charge in [0.1, 0.15) is 5.69 Å². The summed E-state index contributed by atoms with van der Waals surface area (Å²) in [6.07, 6.45) is 0. The van der Waals surface area contributed by atoms with Gasteiger partial charge in [-0.2, -0.15) is 0 Å². The predicted molar refractivity (Wildman–Crippen MR) is 115 cm³/mol. The first-order chi connectivity index (χ1) is 13.9. The molecule has 0 spiro atoms. The molecule has 8 heteroatoms. The molecule has 0 saturated carbocycles. The minimum Gasteiger partial charge on any atom is -0.337 e. The fourth-order valence-corrected chi connectivity index (χ4v) is 4.10. The van der Waals surface area contributed by atoms with Gasteiger partial charge in [-0.05, 0) is 42.0 Å². The molecule has 0 atom stereocenters. The number of benzene rings is 3. The standard InChI is InChI=1S/C21H14Cl2N2O3S/c22-16-10-6-14(7-11-16)19-20(15-8-12-17(23)13-9-15)24-28-21(19)25-29(26,27)18-4-2-1-3-5-18/h1-13,25H. The molecule has 4 rings (SSSR count). The van der Waals surface area contributed by atoms with Crippen molar-refractivity contribution < 1.29 is 12.9 Å². The second-order valence-electron chi connectivity index (χ2n) is 6.17. The van der Waals surface area contributed by atoms with Gasteiger partial charge in [0.25, 0.3) is 10.0 Å². The average molecular weight is 445 g/mol. The van der Waals surface area contributed by atoms with Crippen molar-refractivity contribution in [3.63, 3.8) is 0 Å². The number of hydrogen-bond acceptors (Lipinski definition) is 4. The zero-order chi connectivity index (χ0) is 20.4. The topological polar surface area (TPSA) is 72.2 Å². The molecule has 0 bridgehead atoms. The molecule has 4 aromatic rings. The van der Waals surface area contributed by atoms with E-state index in [-0.39, 0.29) is 10.8 Å². The minimum atomic E-state index is -3.86. The van der Waals surface area contributed by atoms with Crippen molar-refractivity contribution in [1.29, 1.82) is 0 Å². The van der Waals surface area contributed by atoms with Gasteiger partial charge in [0.2, 0.25) is 5.88 Å². The Morgan fingerprint density at radius 2 is 1.31 bits per heavy atom. The zero-order valence-electron chi connectivity index (χ0n) is 14.8. The highest BCUT2D eigenvalue weighted by atomic mass is 35.5. The number of aromatic nitrogens is 1. The second-order valence-corrected chi connectivity index (χ2v) is 8.72. The van der Waals surface area contributed by atoms with Gasteiger partial charge in [-0.1, -0.05) is 70.8 Å². The molecule has 3 aromatic carbocycles. The summed E-state index contributed by atoms with van der Waals surface area (Å²) in [4.78, 5) is 0.117. The molecule has 0 aliphatic heterocycles. The molecule has 0 unspecified atom stereocenters. The molecular weight excluding hydrogens is 431 g/mol. The summed E-state index contributed by atoms with van der Waals surface area (Å²) in [5.74, 6) is 0.0149. The lowest BCUT2D eigenvalue weighted by atomic mass is 10.0. The highest BCUT2D eigenvalue weighted by Crippen LogP contribution is 2.39. The van der Waals surface area contributed by atoms with Gasteiger partial charge in [-0.25, -0.2) is 13.1 Å². The van der Waals surface area contributed by atoms with E-state index in [0.29, 0.717) is 26.9 Å². The Hall–Kier alpha value is -2.80. The van der Waals surface area contributed by atoms with Crippen LogP contribution in [0, 0.1) is 0 Å². The fourth-order valence-electron chi connectivity index (χ4n) is 2.83. The molecule has 0 fully saturated rings. The van der Waals surface area contributed by atoms with Crippen LogP contribution >= 0.6 is 23.2 Å². The third kappa shape index (κ3) is 4.15. The van der Waals surface area contributed by atoms with E-state index in [9.17, 15) is 8.42 Å². The Kier molecular flexibility index (Phi) is 5.32. The average Bonchev–Trinajstić information content (AvgIpc) is 3.12. The van der Waals surface area contributed by atoms with E-state index in [2.05, 4.69) is 9.88 Å². The highest BCUT2D eigenvalue weighted by Gasteiger charge is 2.24. The quantitative estimate of drug-likeness (QED) is 0.402. The van der Waals surface area contributed by atoms with E-state index in [1.165, 1.54) is 12.1 Å². The summed E-state index contributed by atoms with van der Waals surface area (Å²) in [5, 5.41) is 5.25. The maximum Gasteiger partial charge on any atom is 0.264 e.